The summed E-state index contributed by atoms with van der Waals surface area (Å²) in [5.74, 6) is 3.81. The molecule has 0 bridgehead atoms. The van der Waals surface area contributed by atoms with E-state index in [2.05, 4.69) is 48.5 Å². The number of ether oxygens (including phenoxy) is 1. The number of carbonyl (C=O) groups excluding carboxylic acids is 1. The van der Waals surface area contributed by atoms with Gasteiger partial charge in [-0.3, -0.25) is 4.79 Å². The molecule has 0 aromatic heterocycles. The predicted octanol–water partition coefficient (Wildman–Crippen LogP) is 8.43. The molecular weight excluding hydrogens is 404 g/mol. The second-order valence-corrected chi connectivity index (χ2v) is 15.1. The van der Waals surface area contributed by atoms with Crippen molar-refractivity contribution in [2.75, 3.05) is 0 Å². The summed E-state index contributed by atoms with van der Waals surface area (Å²) >= 11 is 0. The van der Waals surface area contributed by atoms with Gasteiger partial charge in [0.05, 0.1) is 0 Å². The van der Waals surface area contributed by atoms with E-state index in [-0.39, 0.29) is 12.1 Å². The molecule has 0 amide bonds. The highest BCUT2D eigenvalue weighted by Gasteiger charge is 2.70. The largest absolute Gasteiger partial charge is 0.463 e. The van der Waals surface area contributed by atoms with Crippen LogP contribution in [0.2, 0.25) is 0 Å². The lowest BCUT2D eigenvalue weighted by atomic mass is 9.32. The van der Waals surface area contributed by atoms with E-state index in [1.165, 1.54) is 70.6 Å². The van der Waals surface area contributed by atoms with Gasteiger partial charge in [0, 0.05) is 6.92 Å². The van der Waals surface area contributed by atoms with Gasteiger partial charge >= 0.3 is 5.97 Å². The molecule has 0 saturated heterocycles. The first-order chi connectivity index (χ1) is 15.3. The fraction of sp³-hybridized carbons (Fsp3) is 0.968. The van der Waals surface area contributed by atoms with Crippen LogP contribution < -0.4 is 0 Å². The van der Waals surface area contributed by atoms with E-state index >= 15 is 0 Å². The standard InChI is InChI=1S/C31H52O2/c1-20(33-21(2)32)22-12-17-28(5)23(22)13-18-30(7)25(28)10-11-26-29(6)16-9-15-27(3,4)24(29)14-19-31(26,30)8/h20,22-26H,9-19H2,1-8H3. The summed E-state index contributed by atoms with van der Waals surface area (Å²) in [4.78, 5) is 11.7. The second kappa shape index (κ2) is 7.49. The molecule has 188 valence electrons. The molecule has 10 atom stereocenters. The molecule has 0 N–H and O–H groups in total. The van der Waals surface area contributed by atoms with Gasteiger partial charge in [-0.1, -0.05) is 48.0 Å². The highest BCUT2D eigenvalue weighted by molar-refractivity contribution is 5.66. The Morgan fingerprint density at radius 1 is 0.727 bits per heavy atom. The quantitative estimate of drug-likeness (QED) is 0.390. The van der Waals surface area contributed by atoms with Crippen LogP contribution in [0.4, 0.5) is 0 Å². The average molecular weight is 457 g/mol. The number of fused-ring (bicyclic) bond motifs is 7. The molecule has 2 heteroatoms. The van der Waals surface area contributed by atoms with Gasteiger partial charge in [-0.2, -0.15) is 0 Å². The van der Waals surface area contributed by atoms with Crippen molar-refractivity contribution in [2.24, 2.45) is 56.7 Å². The minimum absolute atomic E-state index is 0.0735. The number of rotatable bonds is 2. The Labute approximate surface area is 204 Å². The van der Waals surface area contributed by atoms with Crippen LogP contribution in [-0.4, -0.2) is 12.1 Å². The molecule has 5 fully saturated rings. The molecule has 0 aromatic carbocycles. The third-order valence-corrected chi connectivity index (χ3v) is 13.7. The van der Waals surface area contributed by atoms with Gasteiger partial charge in [-0.15, -0.1) is 0 Å². The van der Waals surface area contributed by atoms with Crippen molar-refractivity contribution in [3.63, 3.8) is 0 Å². The van der Waals surface area contributed by atoms with Gasteiger partial charge in [-0.05, 0) is 128 Å². The number of carbonyl (C=O) groups is 1. The highest BCUT2D eigenvalue weighted by Crippen LogP contribution is 2.77. The van der Waals surface area contributed by atoms with Gasteiger partial charge in [0.15, 0.2) is 0 Å². The Morgan fingerprint density at radius 2 is 1.33 bits per heavy atom. The van der Waals surface area contributed by atoms with Crippen molar-refractivity contribution in [1.29, 1.82) is 0 Å². The maximum Gasteiger partial charge on any atom is 0.302 e. The molecule has 0 radical (unpaired) electrons. The average Bonchev–Trinajstić information content (AvgIpc) is 3.04. The normalized spacial score (nSPS) is 53.8. The summed E-state index contributed by atoms with van der Waals surface area (Å²) in [5, 5.41) is 0. The molecule has 0 heterocycles. The molecular formula is C31H52O2. The fourth-order valence-electron chi connectivity index (χ4n) is 12.2. The molecule has 33 heavy (non-hydrogen) atoms. The van der Waals surface area contributed by atoms with E-state index in [9.17, 15) is 4.79 Å². The van der Waals surface area contributed by atoms with Gasteiger partial charge < -0.3 is 4.74 Å². The first-order valence-electron chi connectivity index (χ1n) is 14.5. The van der Waals surface area contributed by atoms with E-state index in [4.69, 9.17) is 4.74 Å². The van der Waals surface area contributed by atoms with E-state index in [0.717, 1.165) is 23.7 Å². The van der Waals surface area contributed by atoms with Crippen LogP contribution in [0.3, 0.4) is 0 Å². The Kier molecular flexibility index (Phi) is 5.49. The maximum absolute atomic E-state index is 11.7. The van der Waals surface area contributed by atoms with Crippen LogP contribution in [0, 0.1) is 56.7 Å². The van der Waals surface area contributed by atoms with Crippen LogP contribution in [-0.2, 0) is 9.53 Å². The predicted molar refractivity (Wildman–Crippen MR) is 136 cm³/mol. The zero-order valence-electron chi connectivity index (χ0n) is 23.1. The van der Waals surface area contributed by atoms with E-state index < -0.39 is 0 Å². The van der Waals surface area contributed by atoms with Crippen molar-refractivity contribution in [1.82, 2.24) is 0 Å². The molecule has 10 unspecified atom stereocenters. The number of esters is 1. The van der Waals surface area contributed by atoms with Crippen molar-refractivity contribution < 1.29 is 9.53 Å². The lowest BCUT2D eigenvalue weighted by Gasteiger charge is -2.73. The van der Waals surface area contributed by atoms with Crippen molar-refractivity contribution in [3.8, 4) is 0 Å². The summed E-state index contributed by atoms with van der Waals surface area (Å²) < 4.78 is 5.75. The third kappa shape index (κ3) is 3.13. The topological polar surface area (TPSA) is 26.3 Å². The first-order valence-corrected chi connectivity index (χ1v) is 14.5. The monoisotopic (exact) mass is 456 g/mol. The zero-order valence-corrected chi connectivity index (χ0v) is 23.1. The first kappa shape index (κ1) is 24.2. The molecule has 0 aromatic rings. The molecule has 0 spiro atoms. The van der Waals surface area contributed by atoms with Crippen LogP contribution >= 0.6 is 0 Å². The minimum Gasteiger partial charge on any atom is -0.463 e. The van der Waals surface area contributed by atoms with E-state index in [0.29, 0.717) is 33.0 Å². The van der Waals surface area contributed by atoms with Crippen molar-refractivity contribution in [3.05, 3.63) is 0 Å². The third-order valence-electron chi connectivity index (χ3n) is 13.7. The maximum atomic E-state index is 11.7. The van der Waals surface area contributed by atoms with Crippen molar-refractivity contribution in [2.45, 2.75) is 132 Å². The van der Waals surface area contributed by atoms with Crippen LogP contribution in [0.5, 0.6) is 0 Å². The van der Waals surface area contributed by atoms with Crippen LogP contribution in [0.25, 0.3) is 0 Å². The molecule has 5 saturated carbocycles. The molecule has 0 aliphatic heterocycles. The minimum atomic E-state index is -0.106. The summed E-state index contributed by atoms with van der Waals surface area (Å²) in [7, 11) is 0. The second-order valence-electron chi connectivity index (χ2n) is 15.1. The Morgan fingerprint density at radius 3 is 1.97 bits per heavy atom. The Balaban J connectivity index is 1.46. The van der Waals surface area contributed by atoms with Crippen molar-refractivity contribution >= 4 is 5.97 Å². The fourth-order valence-corrected chi connectivity index (χ4v) is 12.2. The highest BCUT2D eigenvalue weighted by atomic mass is 16.5. The van der Waals surface area contributed by atoms with Crippen LogP contribution in [0.15, 0.2) is 0 Å². The Bertz CT molecular complexity index is 801. The molecule has 5 rings (SSSR count). The van der Waals surface area contributed by atoms with E-state index in [1.54, 1.807) is 6.92 Å². The molecule has 5 aliphatic carbocycles. The number of hydrogen-bond donors (Lipinski definition) is 0. The lowest BCUT2D eigenvalue weighted by molar-refractivity contribution is -0.242. The SMILES string of the molecule is CC(=O)OC(C)C1CCC2(C)C1CCC1(C)C2CCC2C3(C)CCCC(C)(C)C3CCC21C. The summed E-state index contributed by atoms with van der Waals surface area (Å²) in [6, 6.07) is 0. The van der Waals surface area contributed by atoms with Gasteiger partial charge in [0.2, 0.25) is 0 Å². The van der Waals surface area contributed by atoms with Gasteiger partial charge in [0.25, 0.3) is 0 Å². The molecule has 5 aliphatic rings. The number of hydrogen-bond acceptors (Lipinski definition) is 2. The lowest BCUT2D eigenvalue weighted by Crippen LogP contribution is -2.65. The zero-order chi connectivity index (χ0) is 24.0. The van der Waals surface area contributed by atoms with E-state index in [1.807, 2.05) is 0 Å². The van der Waals surface area contributed by atoms with Gasteiger partial charge in [-0.25, -0.2) is 0 Å². The summed E-state index contributed by atoms with van der Waals surface area (Å²) in [6.07, 6.45) is 15.5. The Hall–Kier alpha value is -0.530. The smallest absolute Gasteiger partial charge is 0.302 e. The van der Waals surface area contributed by atoms with Gasteiger partial charge in [0.1, 0.15) is 6.10 Å². The van der Waals surface area contributed by atoms with Crippen LogP contribution in [0.1, 0.15) is 126 Å². The summed E-state index contributed by atoms with van der Waals surface area (Å²) in [5.41, 5.74) is 2.39. The molecule has 2 nitrogen and oxygen atoms in total. The summed E-state index contributed by atoms with van der Waals surface area (Å²) in [6.45, 7) is 19.8.